The van der Waals surface area contributed by atoms with Crippen LogP contribution in [-0.4, -0.2) is 48.6 Å². The molecule has 0 fully saturated rings. The summed E-state index contributed by atoms with van der Waals surface area (Å²) in [5, 5.41) is 48.6. The fourth-order valence-electron chi connectivity index (χ4n) is 0.720. The van der Waals surface area contributed by atoms with E-state index >= 15 is 0 Å². The first-order valence-corrected chi connectivity index (χ1v) is 5.65. The molecule has 22 heavy (non-hydrogen) atoms. The van der Waals surface area contributed by atoms with Crippen LogP contribution in [0.15, 0.2) is 0 Å². The van der Waals surface area contributed by atoms with Gasteiger partial charge < -0.3 is 19.7 Å². The number of hydrogen-bond donors (Lipinski definition) is 2. The third-order valence-electron chi connectivity index (χ3n) is 1.66. The molecule has 0 aliphatic carbocycles. The quantitative estimate of drug-likeness (QED) is 0.425. The van der Waals surface area contributed by atoms with E-state index in [0.29, 0.717) is 0 Å². The standard InChI is InChI=1S/C10H6N4O4.C2H6O2/c11-3-7(4-12)9(15)17-1-2-18-10(16)8(5-13)6-14;3-1-2-4/h7-8H,1-2H2;3-4H,1-2H2. The van der Waals surface area contributed by atoms with Crippen LogP contribution >= 0.6 is 0 Å². The number of carbonyl (C=O) groups is 2. The Labute approximate surface area is 125 Å². The number of esters is 2. The van der Waals surface area contributed by atoms with E-state index in [9.17, 15) is 9.59 Å². The highest BCUT2D eigenvalue weighted by atomic mass is 16.6. The summed E-state index contributed by atoms with van der Waals surface area (Å²) in [6.07, 6.45) is 0. The molecule has 0 unspecified atom stereocenters. The Morgan fingerprint density at radius 2 is 1.05 bits per heavy atom. The number of rotatable bonds is 6. The second-order valence-electron chi connectivity index (χ2n) is 3.16. The van der Waals surface area contributed by atoms with Gasteiger partial charge >= 0.3 is 11.9 Å². The van der Waals surface area contributed by atoms with Gasteiger partial charge in [0.2, 0.25) is 11.8 Å². The molecule has 0 saturated carbocycles. The van der Waals surface area contributed by atoms with E-state index in [1.807, 2.05) is 0 Å². The van der Waals surface area contributed by atoms with Crippen LogP contribution in [0.3, 0.4) is 0 Å². The van der Waals surface area contributed by atoms with Crippen molar-refractivity contribution >= 4 is 11.9 Å². The van der Waals surface area contributed by atoms with Crippen molar-refractivity contribution in [3.8, 4) is 24.3 Å². The van der Waals surface area contributed by atoms with Crippen LogP contribution in [0.4, 0.5) is 0 Å². The lowest BCUT2D eigenvalue weighted by Crippen LogP contribution is -2.21. The lowest BCUT2D eigenvalue weighted by atomic mass is 10.2. The Bertz CT molecular complexity index is 446. The molecule has 10 nitrogen and oxygen atoms in total. The zero-order valence-corrected chi connectivity index (χ0v) is 11.3. The van der Waals surface area contributed by atoms with Crippen molar-refractivity contribution in [2.75, 3.05) is 26.4 Å². The summed E-state index contributed by atoms with van der Waals surface area (Å²) in [7, 11) is 0. The summed E-state index contributed by atoms with van der Waals surface area (Å²) in [4.78, 5) is 22.0. The highest BCUT2D eigenvalue weighted by molar-refractivity contribution is 5.78. The SMILES string of the molecule is N#CC(C#N)C(=O)OCCOC(=O)C(C#N)C#N.OCCO. The molecule has 10 heteroatoms. The number of aliphatic hydroxyl groups excluding tert-OH is 2. The first-order chi connectivity index (χ1) is 10.5. The van der Waals surface area contributed by atoms with Crippen LogP contribution in [0.25, 0.3) is 0 Å². The van der Waals surface area contributed by atoms with Crippen LogP contribution in [0.5, 0.6) is 0 Å². The van der Waals surface area contributed by atoms with Crippen LogP contribution in [-0.2, 0) is 19.1 Å². The average Bonchev–Trinajstić information content (AvgIpc) is 2.54. The molecular weight excluding hydrogens is 296 g/mol. The summed E-state index contributed by atoms with van der Waals surface area (Å²) in [6, 6.07) is 5.63. The molecule has 0 rings (SSSR count). The topological polar surface area (TPSA) is 188 Å². The molecule has 0 aliphatic heterocycles. The van der Waals surface area contributed by atoms with E-state index in [-0.39, 0.29) is 26.4 Å². The average molecular weight is 308 g/mol. The fourth-order valence-corrected chi connectivity index (χ4v) is 0.720. The van der Waals surface area contributed by atoms with Crippen LogP contribution < -0.4 is 0 Å². The predicted molar refractivity (Wildman–Crippen MR) is 65.5 cm³/mol. The molecule has 0 heterocycles. The Balaban J connectivity index is 0. The second kappa shape index (κ2) is 14.2. The van der Waals surface area contributed by atoms with Gasteiger partial charge in [-0.25, -0.2) is 9.59 Å². The smallest absolute Gasteiger partial charge is 0.338 e. The van der Waals surface area contributed by atoms with Gasteiger partial charge in [0.05, 0.1) is 37.5 Å². The lowest BCUT2D eigenvalue weighted by Gasteiger charge is -2.06. The van der Waals surface area contributed by atoms with E-state index in [4.69, 9.17) is 31.3 Å². The van der Waals surface area contributed by atoms with E-state index in [0.717, 1.165) is 0 Å². The van der Waals surface area contributed by atoms with Crippen molar-refractivity contribution in [3.05, 3.63) is 0 Å². The van der Waals surface area contributed by atoms with Gasteiger partial charge in [-0.05, 0) is 0 Å². The Morgan fingerprint density at radius 1 is 0.773 bits per heavy atom. The van der Waals surface area contributed by atoms with Crippen molar-refractivity contribution in [2.24, 2.45) is 11.8 Å². The van der Waals surface area contributed by atoms with Gasteiger partial charge in [-0.15, -0.1) is 0 Å². The van der Waals surface area contributed by atoms with Crippen LogP contribution in [0.1, 0.15) is 0 Å². The largest absolute Gasteiger partial charge is 0.460 e. The zero-order chi connectivity index (χ0) is 17.4. The maximum atomic E-state index is 11.0. The van der Waals surface area contributed by atoms with Gasteiger partial charge in [-0.1, -0.05) is 0 Å². The predicted octanol–water partition coefficient (Wildman–Crippen LogP) is -1.63. The summed E-state index contributed by atoms with van der Waals surface area (Å²) < 4.78 is 8.91. The third kappa shape index (κ3) is 9.71. The molecule has 0 atom stereocenters. The lowest BCUT2D eigenvalue weighted by molar-refractivity contribution is -0.153. The van der Waals surface area contributed by atoms with E-state index in [1.165, 1.54) is 24.3 Å². The number of carbonyl (C=O) groups excluding carboxylic acids is 2. The zero-order valence-electron chi connectivity index (χ0n) is 11.3. The van der Waals surface area contributed by atoms with Crippen molar-refractivity contribution in [3.63, 3.8) is 0 Å². The number of hydrogen-bond acceptors (Lipinski definition) is 10. The Hall–Kier alpha value is -3.18. The monoisotopic (exact) mass is 308 g/mol. The van der Waals surface area contributed by atoms with Crippen molar-refractivity contribution in [1.29, 1.82) is 21.0 Å². The fraction of sp³-hybridized carbons (Fsp3) is 0.500. The first-order valence-electron chi connectivity index (χ1n) is 5.65. The van der Waals surface area contributed by atoms with Crippen molar-refractivity contribution in [2.45, 2.75) is 0 Å². The highest BCUT2D eigenvalue weighted by Gasteiger charge is 2.20. The molecule has 0 amide bonds. The molecule has 0 aromatic heterocycles. The minimum atomic E-state index is -1.54. The van der Waals surface area contributed by atoms with Gasteiger partial charge in [0.25, 0.3) is 0 Å². The van der Waals surface area contributed by atoms with Gasteiger partial charge in [0.15, 0.2) is 0 Å². The Kier molecular flexibility index (Phi) is 13.7. The van der Waals surface area contributed by atoms with Crippen LogP contribution in [0.2, 0.25) is 0 Å². The number of nitrogens with zero attached hydrogens (tertiary/aromatic N) is 4. The molecule has 0 bridgehead atoms. The van der Waals surface area contributed by atoms with Gasteiger partial charge in [-0.2, -0.15) is 21.0 Å². The normalized spacial score (nSPS) is 8.36. The molecule has 0 saturated heterocycles. The molecule has 0 aromatic carbocycles. The third-order valence-corrected chi connectivity index (χ3v) is 1.66. The molecule has 2 N–H and O–H groups in total. The maximum Gasteiger partial charge on any atom is 0.338 e. The maximum absolute atomic E-state index is 11.0. The Morgan fingerprint density at radius 3 is 1.23 bits per heavy atom. The second-order valence-corrected chi connectivity index (χ2v) is 3.16. The van der Waals surface area contributed by atoms with Crippen molar-refractivity contribution in [1.82, 2.24) is 0 Å². The molecular formula is C12H12N4O6. The highest BCUT2D eigenvalue weighted by Crippen LogP contribution is 1.98. The minimum absolute atomic E-state index is 0.125. The number of nitriles is 4. The van der Waals surface area contributed by atoms with E-state index < -0.39 is 23.8 Å². The molecule has 0 aliphatic rings. The van der Waals surface area contributed by atoms with Gasteiger partial charge in [0.1, 0.15) is 13.2 Å². The van der Waals surface area contributed by atoms with Gasteiger partial charge in [0, 0.05) is 0 Å². The van der Waals surface area contributed by atoms with Crippen LogP contribution in [0, 0.1) is 57.2 Å². The summed E-state index contributed by atoms with van der Waals surface area (Å²) in [5.74, 6) is -5.17. The molecule has 116 valence electrons. The molecule has 0 aromatic rings. The van der Waals surface area contributed by atoms with E-state index in [2.05, 4.69) is 9.47 Å². The summed E-state index contributed by atoms with van der Waals surface area (Å²) in [5.41, 5.74) is 0. The number of aliphatic hydroxyl groups is 2. The summed E-state index contributed by atoms with van der Waals surface area (Å²) in [6.45, 7) is -0.984. The number of ether oxygens (including phenoxy) is 2. The minimum Gasteiger partial charge on any atom is -0.460 e. The molecule has 0 spiro atoms. The molecule has 0 radical (unpaired) electrons. The summed E-state index contributed by atoms with van der Waals surface area (Å²) >= 11 is 0. The van der Waals surface area contributed by atoms with Gasteiger partial charge in [-0.3, -0.25) is 0 Å². The van der Waals surface area contributed by atoms with Crippen molar-refractivity contribution < 1.29 is 29.3 Å². The first kappa shape index (κ1) is 21.1. The van der Waals surface area contributed by atoms with E-state index in [1.54, 1.807) is 0 Å².